The Morgan fingerprint density at radius 3 is 2.53 bits per heavy atom. The van der Waals surface area contributed by atoms with Gasteiger partial charge in [-0.05, 0) is 31.2 Å². The van der Waals surface area contributed by atoms with Crippen LogP contribution in [0.4, 0.5) is 13.2 Å². The molecule has 2 unspecified atom stereocenters. The molecular formula is C20H16F3N5O2. The van der Waals surface area contributed by atoms with E-state index in [4.69, 9.17) is 0 Å². The third-order valence-corrected chi connectivity index (χ3v) is 5.12. The van der Waals surface area contributed by atoms with E-state index in [1.165, 1.54) is 42.7 Å². The zero-order chi connectivity index (χ0) is 21.5. The van der Waals surface area contributed by atoms with Gasteiger partial charge in [-0.15, -0.1) is 0 Å². The van der Waals surface area contributed by atoms with Crippen molar-refractivity contribution in [2.24, 2.45) is 0 Å². The van der Waals surface area contributed by atoms with Crippen molar-refractivity contribution >= 4 is 10.9 Å². The molecule has 0 aliphatic heterocycles. The maximum absolute atomic E-state index is 14.7. The second kappa shape index (κ2) is 7.38. The normalized spacial score (nSPS) is 14.6. The SMILES string of the molecule is CC(n1cnc2ccc(F)cc2c1=O)C(O)(Cn1cncn1)c1ccc(F)cc1F. The minimum absolute atomic E-state index is 0.00651. The van der Waals surface area contributed by atoms with E-state index in [0.29, 0.717) is 6.07 Å². The van der Waals surface area contributed by atoms with Crippen LogP contribution in [0, 0.1) is 17.5 Å². The lowest BCUT2D eigenvalue weighted by molar-refractivity contribution is -0.0343. The first-order valence-corrected chi connectivity index (χ1v) is 8.96. The summed E-state index contributed by atoms with van der Waals surface area (Å²) in [4.78, 5) is 20.9. The van der Waals surface area contributed by atoms with E-state index in [-0.39, 0.29) is 23.0 Å². The molecule has 154 valence electrons. The molecule has 0 saturated heterocycles. The predicted molar refractivity (Wildman–Crippen MR) is 101 cm³/mol. The Balaban J connectivity index is 1.90. The smallest absolute Gasteiger partial charge is 0.261 e. The van der Waals surface area contributed by atoms with Gasteiger partial charge in [-0.2, -0.15) is 5.10 Å². The number of halogens is 3. The molecule has 0 fully saturated rings. The molecule has 4 rings (SSSR count). The number of hydrogen-bond donors (Lipinski definition) is 1. The zero-order valence-electron chi connectivity index (χ0n) is 15.7. The summed E-state index contributed by atoms with van der Waals surface area (Å²) in [6, 6.07) is 5.26. The van der Waals surface area contributed by atoms with E-state index in [1.807, 2.05) is 0 Å². The van der Waals surface area contributed by atoms with Crippen molar-refractivity contribution in [3.05, 3.63) is 88.7 Å². The summed E-state index contributed by atoms with van der Waals surface area (Å²) in [7, 11) is 0. The molecule has 0 aliphatic rings. The Morgan fingerprint density at radius 1 is 1.10 bits per heavy atom. The van der Waals surface area contributed by atoms with E-state index in [0.717, 1.165) is 22.8 Å². The summed E-state index contributed by atoms with van der Waals surface area (Å²) < 4.78 is 44.1. The standard InChI is InChI=1S/C20H16F3N5O2/c1-12(28-11-25-18-5-3-13(21)6-15(18)19(28)29)20(30,8-27-10-24-9-26-27)16-4-2-14(22)7-17(16)23/h2-7,9-12,30H,8H2,1H3. The molecule has 1 N–H and O–H groups in total. The van der Waals surface area contributed by atoms with Gasteiger partial charge in [-0.1, -0.05) is 6.07 Å². The molecule has 2 aromatic carbocycles. The van der Waals surface area contributed by atoms with Crippen molar-refractivity contribution in [2.75, 3.05) is 0 Å². The molecule has 30 heavy (non-hydrogen) atoms. The summed E-state index contributed by atoms with van der Waals surface area (Å²) >= 11 is 0. The highest BCUT2D eigenvalue weighted by atomic mass is 19.1. The maximum atomic E-state index is 14.7. The van der Waals surface area contributed by atoms with E-state index in [2.05, 4.69) is 15.1 Å². The molecule has 10 heteroatoms. The van der Waals surface area contributed by atoms with Crippen molar-refractivity contribution in [3.63, 3.8) is 0 Å². The Hall–Kier alpha value is -3.53. The zero-order valence-corrected chi connectivity index (χ0v) is 15.7. The van der Waals surface area contributed by atoms with Gasteiger partial charge in [0, 0.05) is 11.6 Å². The Labute approximate surface area is 168 Å². The topological polar surface area (TPSA) is 85.8 Å². The molecule has 2 heterocycles. The highest BCUT2D eigenvalue weighted by Gasteiger charge is 2.41. The number of aromatic nitrogens is 5. The third-order valence-electron chi connectivity index (χ3n) is 5.12. The van der Waals surface area contributed by atoms with E-state index < -0.39 is 34.7 Å². The number of benzene rings is 2. The van der Waals surface area contributed by atoms with Gasteiger partial charge >= 0.3 is 0 Å². The summed E-state index contributed by atoms with van der Waals surface area (Å²) in [6.45, 7) is 1.19. The van der Waals surface area contributed by atoms with Gasteiger partial charge in [0.05, 0.1) is 29.8 Å². The van der Waals surface area contributed by atoms with Crippen LogP contribution in [-0.2, 0) is 12.1 Å². The van der Waals surface area contributed by atoms with Crippen LogP contribution in [0.15, 0.2) is 60.2 Å². The number of rotatable bonds is 5. The summed E-state index contributed by atoms with van der Waals surface area (Å²) in [5, 5.41) is 15.5. The first-order valence-electron chi connectivity index (χ1n) is 8.96. The molecular weight excluding hydrogens is 399 g/mol. The Kier molecular flexibility index (Phi) is 4.86. The van der Waals surface area contributed by atoms with Gasteiger partial charge in [0.2, 0.25) is 0 Å². The van der Waals surface area contributed by atoms with E-state index >= 15 is 0 Å². The lowest BCUT2D eigenvalue weighted by atomic mass is 9.86. The van der Waals surface area contributed by atoms with E-state index in [9.17, 15) is 23.1 Å². The van der Waals surface area contributed by atoms with Crippen molar-refractivity contribution in [1.82, 2.24) is 24.3 Å². The fraction of sp³-hybridized carbons (Fsp3) is 0.200. The molecule has 0 bridgehead atoms. The molecule has 0 aliphatic carbocycles. The fourth-order valence-electron chi connectivity index (χ4n) is 3.46. The van der Waals surface area contributed by atoms with Crippen molar-refractivity contribution in [1.29, 1.82) is 0 Å². The van der Waals surface area contributed by atoms with Gasteiger partial charge in [0.1, 0.15) is 35.7 Å². The lowest BCUT2D eigenvalue weighted by Crippen LogP contribution is -2.43. The van der Waals surface area contributed by atoms with Crippen LogP contribution < -0.4 is 5.56 Å². The van der Waals surface area contributed by atoms with Crippen LogP contribution in [0.25, 0.3) is 10.9 Å². The van der Waals surface area contributed by atoms with Crippen molar-refractivity contribution in [3.8, 4) is 0 Å². The van der Waals surface area contributed by atoms with Gasteiger partial charge < -0.3 is 5.11 Å². The van der Waals surface area contributed by atoms with Crippen LogP contribution in [0.1, 0.15) is 18.5 Å². The number of aliphatic hydroxyl groups is 1. The molecule has 0 spiro atoms. The second-order valence-electron chi connectivity index (χ2n) is 6.94. The van der Waals surface area contributed by atoms with Gasteiger partial charge in [0.25, 0.3) is 5.56 Å². The predicted octanol–water partition coefficient (Wildman–Crippen LogP) is 2.55. The largest absolute Gasteiger partial charge is 0.381 e. The second-order valence-corrected chi connectivity index (χ2v) is 6.94. The van der Waals surface area contributed by atoms with Crippen LogP contribution in [0.2, 0.25) is 0 Å². The molecule has 2 aromatic heterocycles. The van der Waals surface area contributed by atoms with Crippen LogP contribution in [0.3, 0.4) is 0 Å². The first-order chi connectivity index (χ1) is 14.3. The Bertz CT molecular complexity index is 1280. The molecule has 0 radical (unpaired) electrons. The molecule has 7 nitrogen and oxygen atoms in total. The van der Waals surface area contributed by atoms with E-state index in [1.54, 1.807) is 0 Å². The van der Waals surface area contributed by atoms with Gasteiger partial charge in [-0.25, -0.2) is 27.8 Å². The number of hydrogen-bond acceptors (Lipinski definition) is 5. The van der Waals surface area contributed by atoms with Crippen LogP contribution >= 0.6 is 0 Å². The summed E-state index contributed by atoms with van der Waals surface area (Å²) in [6.07, 6.45) is 3.75. The average molecular weight is 415 g/mol. The van der Waals surface area contributed by atoms with Crippen LogP contribution in [-0.4, -0.2) is 29.4 Å². The van der Waals surface area contributed by atoms with Crippen molar-refractivity contribution in [2.45, 2.75) is 25.1 Å². The summed E-state index contributed by atoms with van der Waals surface area (Å²) in [5.41, 5.74) is -2.62. The Morgan fingerprint density at radius 2 is 1.83 bits per heavy atom. The van der Waals surface area contributed by atoms with Crippen molar-refractivity contribution < 1.29 is 18.3 Å². The molecule has 4 aromatic rings. The number of nitrogens with zero attached hydrogens (tertiary/aromatic N) is 5. The monoisotopic (exact) mass is 415 g/mol. The summed E-state index contributed by atoms with van der Waals surface area (Å²) in [5.74, 6) is -2.42. The molecule has 0 saturated carbocycles. The fourth-order valence-corrected chi connectivity index (χ4v) is 3.46. The average Bonchev–Trinajstić information content (AvgIpc) is 3.21. The first kappa shape index (κ1) is 19.8. The van der Waals surface area contributed by atoms with Gasteiger partial charge in [-0.3, -0.25) is 9.36 Å². The third kappa shape index (κ3) is 3.35. The minimum Gasteiger partial charge on any atom is -0.381 e. The van der Waals surface area contributed by atoms with Crippen LogP contribution in [0.5, 0.6) is 0 Å². The lowest BCUT2D eigenvalue weighted by Gasteiger charge is -2.35. The van der Waals surface area contributed by atoms with Gasteiger partial charge in [0.15, 0.2) is 0 Å². The quantitative estimate of drug-likeness (QED) is 0.542. The maximum Gasteiger partial charge on any atom is 0.261 e. The number of fused-ring (bicyclic) bond motifs is 1. The highest BCUT2D eigenvalue weighted by molar-refractivity contribution is 5.77. The minimum atomic E-state index is -2.04. The highest BCUT2D eigenvalue weighted by Crippen LogP contribution is 2.36. The molecule has 0 amide bonds. The molecule has 2 atom stereocenters.